The smallest absolute Gasteiger partial charge is 0.345 e. The second-order valence-corrected chi connectivity index (χ2v) is 11.0. The number of allylic oxidation sites excluding steroid dienone is 4. The van der Waals surface area contributed by atoms with Crippen molar-refractivity contribution in [1.82, 2.24) is 4.98 Å². The number of rotatable bonds is 10. The molecule has 6 nitrogen and oxygen atoms in total. The van der Waals surface area contributed by atoms with Crippen LogP contribution in [-0.4, -0.2) is 16.8 Å². The molecule has 0 aliphatic carbocycles. The first-order chi connectivity index (χ1) is 21.0. The summed E-state index contributed by atoms with van der Waals surface area (Å²) in [6.45, 7) is 7.58. The SMILES string of the molecule is C=CCC/C=C/c1ccc2oc(=O)c(-c3csc(N4C(=O)c5cccc6cccc(c56)C4=O)n3)cc2c1/C=C/CCC=C. The molecule has 0 spiro atoms. The number of benzene rings is 3. The number of hydrogen-bond donors (Lipinski definition) is 0. The van der Waals surface area contributed by atoms with Crippen LogP contribution in [0.2, 0.25) is 0 Å². The van der Waals surface area contributed by atoms with Gasteiger partial charge in [-0.05, 0) is 66.5 Å². The summed E-state index contributed by atoms with van der Waals surface area (Å²) in [5.74, 6) is -0.888. The maximum atomic E-state index is 13.5. The number of carbonyl (C=O) groups is 2. The molecule has 2 amide bonds. The monoisotopic (exact) mass is 584 g/mol. The predicted octanol–water partition coefficient (Wildman–Crippen LogP) is 8.83. The van der Waals surface area contributed by atoms with Gasteiger partial charge >= 0.3 is 5.63 Å². The van der Waals surface area contributed by atoms with E-state index in [1.165, 1.54) is 0 Å². The van der Waals surface area contributed by atoms with Gasteiger partial charge in [0.1, 0.15) is 5.58 Å². The first kappa shape index (κ1) is 28.0. The molecule has 0 fully saturated rings. The Bertz CT molecular complexity index is 2000. The van der Waals surface area contributed by atoms with Gasteiger partial charge in [0, 0.05) is 27.3 Å². The summed E-state index contributed by atoms with van der Waals surface area (Å²) < 4.78 is 5.77. The summed E-state index contributed by atoms with van der Waals surface area (Å²) in [5.41, 5.74) is 3.29. The van der Waals surface area contributed by atoms with E-state index in [1.54, 1.807) is 41.8 Å². The summed E-state index contributed by atoms with van der Waals surface area (Å²) in [6, 6.07) is 16.3. The molecule has 0 saturated heterocycles. The van der Waals surface area contributed by atoms with Gasteiger partial charge in [-0.25, -0.2) is 14.7 Å². The van der Waals surface area contributed by atoms with Gasteiger partial charge in [0.25, 0.3) is 11.8 Å². The fourth-order valence-corrected chi connectivity index (χ4v) is 6.09. The highest BCUT2D eigenvalue weighted by molar-refractivity contribution is 7.14. The van der Waals surface area contributed by atoms with Crippen molar-refractivity contribution in [2.75, 3.05) is 4.90 Å². The number of nitrogens with zero attached hydrogens (tertiary/aromatic N) is 2. The number of hydrogen-bond acceptors (Lipinski definition) is 6. The molecule has 43 heavy (non-hydrogen) atoms. The highest BCUT2D eigenvalue weighted by Gasteiger charge is 2.35. The fourth-order valence-electron chi connectivity index (χ4n) is 5.27. The molecular formula is C36H28N2O4S. The van der Waals surface area contributed by atoms with E-state index in [0.29, 0.717) is 27.8 Å². The van der Waals surface area contributed by atoms with Gasteiger partial charge in [-0.15, -0.1) is 24.5 Å². The number of amides is 2. The molecule has 2 aromatic heterocycles. The van der Waals surface area contributed by atoms with Crippen LogP contribution in [0.15, 0.2) is 107 Å². The van der Waals surface area contributed by atoms with Crippen molar-refractivity contribution in [3.8, 4) is 11.3 Å². The largest absolute Gasteiger partial charge is 0.422 e. The Balaban J connectivity index is 1.42. The van der Waals surface area contributed by atoms with E-state index in [9.17, 15) is 14.4 Å². The lowest BCUT2D eigenvalue weighted by atomic mass is 9.94. The third kappa shape index (κ3) is 5.19. The zero-order valence-corrected chi connectivity index (χ0v) is 24.2. The first-order valence-electron chi connectivity index (χ1n) is 14.0. The van der Waals surface area contributed by atoms with Crippen LogP contribution in [0.4, 0.5) is 5.13 Å². The molecule has 0 bridgehead atoms. The third-order valence-corrected chi connectivity index (χ3v) is 8.21. The average molecular weight is 585 g/mol. The minimum atomic E-state index is -0.549. The van der Waals surface area contributed by atoms with Gasteiger partial charge in [-0.2, -0.15) is 0 Å². The maximum absolute atomic E-state index is 13.5. The van der Waals surface area contributed by atoms with Crippen LogP contribution in [0.25, 0.3) is 45.2 Å². The number of imide groups is 1. The molecule has 6 rings (SSSR count). The summed E-state index contributed by atoms with van der Waals surface area (Å²) in [4.78, 5) is 45.9. The van der Waals surface area contributed by atoms with Gasteiger partial charge in [0.05, 0.1) is 11.3 Å². The molecule has 212 valence electrons. The standard InChI is InChI=1S/C36H28N2O4S/c1-3-5-7-9-13-23-19-20-31-28(25(23)16-10-8-6-4-2)21-29(35(41)42-31)30-22-43-36(37-30)38-33(39)26-17-11-14-24-15-12-18-27(32(24)26)34(38)40/h3-4,9-22H,1-2,5-8H2/b13-9+,16-10+. The number of anilines is 1. The van der Waals surface area contributed by atoms with Crippen LogP contribution in [0.3, 0.4) is 0 Å². The first-order valence-corrected chi connectivity index (χ1v) is 14.9. The molecule has 7 heteroatoms. The summed E-state index contributed by atoms with van der Waals surface area (Å²) in [7, 11) is 0. The van der Waals surface area contributed by atoms with Crippen LogP contribution in [0, 0.1) is 0 Å². The van der Waals surface area contributed by atoms with Crippen molar-refractivity contribution in [3.05, 3.63) is 130 Å². The molecule has 3 heterocycles. The Morgan fingerprint density at radius 2 is 1.49 bits per heavy atom. The quantitative estimate of drug-likeness (QED) is 0.0709. The van der Waals surface area contributed by atoms with Gasteiger partial charge < -0.3 is 4.42 Å². The van der Waals surface area contributed by atoms with E-state index in [0.717, 1.165) is 63.8 Å². The lowest BCUT2D eigenvalue weighted by Gasteiger charge is -2.25. The number of thiazole rings is 1. The van der Waals surface area contributed by atoms with E-state index < -0.39 is 17.4 Å². The zero-order valence-electron chi connectivity index (χ0n) is 23.4. The lowest BCUT2D eigenvalue weighted by Crippen LogP contribution is -2.40. The summed E-state index contributed by atoms with van der Waals surface area (Å²) in [6.07, 6.45) is 15.5. The Hall–Kier alpha value is -5.14. The molecule has 0 atom stereocenters. The second-order valence-electron chi connectivity index (χ2n) is 10.1. The topological polar surface area (TPSA) is 80.5 Å². The Morgan fingerprint density at radius 3 is 2.16 bits per heavy atom. The summed E-state index contributed by atoms with van der Waals surface area (Å²) >= 11 is 1.13. The minimum Gasteiger partial charge on any atom is -0.422 e. The lowest BCUT2D eigenvalue weighted by molar-refractivity contribution is 0.0893. The molecule has 1 aliphatic rings. The van der Waals surface area contributed by atoms with E-state index in [1.807, 2.05) is 36.4 Å². The molecule has 3 aromatic carbocycles. The van der Waals surface area contributed by atoms with Gasteiger partial charge in [-0.1, -0.05) is 66.8 Å². The van der Waals surface area contributed by atoms with E-state index >= 15 is 0 Å². The zero-order chi connectivity index (χ0) is 29.9. The molecule has 5 aromatic rings. The van der Waals surface area contributed by atoms with Crippen molar-refractivity contribution in [2.24, 2.45) is 0 Å². The van der Waals surface area contributed by atoms with E-state index in [4.69, 9.17) is 4.42 Å². The predicted molar refractivity (Wildman–Crippen MR) is 176 cm³/mol. The van der Waals surface area contributed by atoms with Gasteiger partial charge in [0.15, 0.2) is 5.13 Å². The maximum Gasteiger partial charge on any atom is 0.345 e. The van der Waals surface area contributed by atoms with Crippen molar-refractivity contribution < 1.29 is 14.0 Å². The van der Waals surface area contributed by atoms with Crippen LogP contribution < -0.4 is 10.5 Å². The highest BCUT2D eigenvalue weighted by atomic mass is 32.1. The highest BCUT2D eigenvalue weighted by Crippen LogP contribution is 2.36. The Labute approximate surface area is 252 Å². The van der Waals surface area contributed by atoms with Crippen LogP contribution >= 0.6 is 11.3 Å². The van der Waals surface area contributed by atoms with Crippen molar-refractivity contribution in [3.63, 3.8) is 0 Å². The number of fused-ring (bicyclic) bond motifs is 1. The Kier molecular flexibility index (Phi) is 7.81. The Morgan fingerprint density at radius 1 is 0.814 bits per heavy atom. The van der Waals surface area contributed by atoms with Crippen molar-refractivity contribution in [2.45, 2.75) is 25.7 Å². The fraction of sp³-hybridized carbons (Fsp3) is 0.111. The minimum absolute atomic E-state index is 0.194. The molecule has 0 saturated carbocycles. The molecular weight excluding hydrogens is 556 g/mol. The number of aromatic nitrogens is 1. The molecule has 0 unspecified atom stereocenters. The average Bonchev–Trinajstić information content (AvgIpc) is 3.50. The summed E-state index contributed by atoms with van der Waals surface area (Å²) in [5, 5.41) is 4.10. The number of carbonyl (C=O) groups excluding carboxylic acids is 2. The van der Waals surface area contributed by atoms with Crippen LogP contribution in [0.5, 0.6) is 0 Å². The van der Waals surface area contributed by atoms with E-state index in [2.05, 4.69) is 36.4 Å². The van der Waals surface area contributed by atoms with Gasteiger partial charge in [-0.3, -0.25) is 9.59 Å². The van der Waals surface area contributed by atoms with Crippen molar-refractivity contribution in [1.29, 1.82) is 0 Å². The van der Waals surface area contributed by atoms with Gasteiger partial charge in [0.2, 0.25) is 0 Å². The van der Waals surface area contributed by atoms with E-state index in [-0.39, 0.29) is 10.7 Å². The van der Waals surface area contributed by atoms with Crippen molar-refractivity contribution >= 4 is 62.2 Å². The second kappa shape index (κ2) is 12.0. The molecule has 0 N–H and O–H groups in total. The van der Waals surface area contributed by atoms with Crippen LogP contribution in [-0.2, 0) is 0 Å². The molecule has 0 radical (unpaired) electrons. The number of unbranched alkanes of at least 4 members (excludes halogenated alkanes) is 2. The third-order valence-electron chi connectivity index (χ3n) is 7.38. The van der Waals surface area contributed by atoms with Crippen LogP contribution in [0.1, 0.15) is 57.5 Å². The molecule has 1 aliphatic heterocycles. The normalized spacial score (nSPS) is 13.2.